The highest BCUT2D eigenvalue weighted by Gasteiger charge is 2.36. The maximum Gasteiger partial charge on any atom is 0.475 e. The first-order valence-corrected chi connectivity index (χ1v) is 10.4. The molecular formula is C19H37BN4O5. The van der Waals surface area contributed by atoms with E-state index in [1.807, 2.05) is 0 Å². The molecule has 166 valence electrons. The van der Waals surface area contributed by atoms with Gasteiger partial charge in [0.1, 0.15) is 12.1 Å². The van der Waals surface area contributed by atoms with Gasteiger partial charge in [-0.15, -0.1) is 0 Å². The van der Waals surface area contributed by atoms with Gasteiger partial charge < -0.3 is 31.7 Å². The molecule has 0 saturated heterocycles. The van der Waals surface area contributed by atoms with E-state index in [4.69, 9.17) is 5.73 Å². The summed E-state index contributed by atoms with van der Waals surface area (Å²) in [7, 11) is -1.71. The van der Waals surface area contributed by atoms with Crippen molar-refractivity contribution in [3.8, 4) is 0 Å². The summed E-state index contributed by atoms with van der Waals surface area (Å²) in [6.45, 7) is 8.32. The number of nitrogens with two attached hydrogens (primary N) is 1. The number of amides is 3. The summed E-state index contributed by atoms with van der Waals surface area (Å²) < 4.78 is 0. The summed E-state index contributed by atoms with van der Waals surface area (Å²) in [5.74, 6) is -2.19. The van der Waals surface area contributed by atoms with Gasteiger partial charge in [0, 0.05) is 0 Å². The van der Waals surface area contributed by atoms with Crippen molar-refractivity contribution in [2.24, 2.45) is 17.1 Å². The molecule has 2 unspecified atom stereocenters. The van der Waals surface area contributed by atoms with E-state index < -0.39 is 48.4 Å². The number of hydrogen-bond donors (Lipinski definition) is 6. The highest BCUT2D eigenvalue weighted by Crippen LogP contribution is 2.25. The summed E-state index contributed by atoms with van der Waals surface area (Å²) >= 11 is 0. The van der Waals surface area contributed by atoms with Crippen molar-refractivity contribution in [1.29, 1.82) is 0 Å². The van der Waals surface area contributed by atoms with Crippen LogP contribution in [-0.4, -0.2) is 59.0 Å². The van der Waals surface area contributed by atoms with Crippen molar-refractivity contribution in [2.45, 2.75) is 90.8 Å². The van der Waals surface area contributed by atoms with Crippen LogP contribution < -0.4 is 21.7 Å². The Hall–Kier alpha value is -1.65. The van der Waals surface area contributed by atoms with Gasteiger partial charge in [0.2, 0.25) is 17.7 Å². The predicted molar refractivity (Wildman–Crippen MR) is 111 cm³/mol. The highest BCUT2D eigenvalue weighted by atomic mass is 16.4. The predicted octanol–water partition coefficient (Wildman–Crippen LogP) is -0.554. The molecular weight excluding hydrogens is 375 g/mol. The Labute approximate surface area is 173 Å². The average Bonchev–Trinajstić information content (AvgIpc) is 2.64. The zero-order chi connectivity index (χ0) is 22.4. The van der Waals surface area contributed by atoms with Crippen molar-refractivity contribution in [3.63, 3.8) is 0 Å². The monoisotopic (exact) mass is 412 g/mol. The Morgan fingerprint density at radius 3 is 1.97 bits per heavy atom. The first-order valence-electron chi connectivity index (χ1n) is 10.4. The third kappa shape index (κ3) is 7.95. The van der Waals surface area contributed by atoms with Crippen molar-refractivity contribution in [1.82, 2.24) is 16.0 Å². The summed E-state index contributed by atoms with van der Waals surface area (Å²) in [5.41, 5.74) is 5.45. The van der Waals surface area contributed by atoms with Gasteiger partial charge >= 0.3 is 7.12 Å². The van der Waals surface area contributed by atoms with Crippen LogP contribution in [-0.2, 0) is 14.4 Å². The highest BCUT2D eigenvalue weighted by molar-refractivity contribution is 6.43. The molecule has 1 rings (SSSR count). The van der Waals surface area contributed by atoms with Crippen LogP contribution in [0.25, 0.3) is 0 Å². The summed E-state index contributed by atoms with van der Waals surface area (Å²) in [6.07, 6.45) is 5.11. The van der Waals surface area contributed by atoms with Gasteiger partial charge in [0.15, 0.2) is 0 Å². The van der Waals surface area contributed by atoms with Crippen molar-refractivity contribution in [3.05, 3.63) is 0 Å². The molecule has 10 heteroatoms. The van der Waals surface area contributed by atoms with Crippen LogP contribution in [0.3, 0.4) is 0 Å². The van der Waals surface area contributed by atoms with Gasteiger partial charge in [-0.05, 0) is 38.0 Å². The second-order valence-corrected chi connectivity index (χ2v) is 9.17. The van der Waals surface area contributed by atoms with Crippen LogP contribution in [0.5, 0.6) is 0 Å². The molecule has 0 spiro atoms. The SMILES string of the molecule is C[C@H](NC(=O)C(NC(=O)[C@H](C)NC(=O)C(N)C1CCCCC1)C(C)(C)C)B(O)O. The zero-order valence-corrected chi connectivity index (χ0v) is 18.2. The first-order chi connectivity index (χ1) is 13.3. The second kappa shape index (κ2) is 10.9. The number of carbonyl (C=O) groups excluding carboxylic acids is 3. The van der Waals surface area contributed by atoms with Crippen molar-refractivity contribution < 1.29 is 24.4 Å². The lowest BCUT2D eigenvalue weighted by molar-refractivity contribution is -0.134. The van der Waals surface area contributed by atoms with Crippen molar-refractivity contribution >= 4 is 24.8 Å². The Kier molecular flexibility index (Phi) is 9.58. The largest absolute Gasteiger partial charge is 0.475 e. The quantitative estimate of drug-likeness (QED) is 0.294. The van der Waals surface area contributed by atoms with E-state index in [2.05, 4.69) is 16.0 Å². The van der Waals surface area contributed by atoms with Crippen molar-refractivity contribution in [2.75, 3.05) is 0 Å². The minimum atomic E-state index is -1.71. The molecule has 0 heterocycles. The number of rotatable bonds is 8. The normalized spacial score (nSPS) is 19.4. The number of hydrogen-bond acceptors (Lipinski definition) is 6. The standard InChI is InChI=1S/C19H37BN4O5/c1-11(22-17(26)14(21)13-9-7-6-8-10-13)16(25)24-15(19(3,4)5)18(27)23-12(2)20(28)29/h11-15,28-29H,6-10,21H2,1-5H3,(H,22,26)(H,23,27)(H,24,25)/t11-,12-,14?,15?/m0/s1. The van der Waals surface area contributed by atoms with Crippen LogP contribution in [0.1, 0.15) is 66.7 Å². The molecule has 4 atom stereocenters. The zero-order valence-electron chi connectivity index (χ0n) is 18.2. The molecule has 9 nitrogen and oxygen atoms in total. The van der Waals surface area contributed by atoms with Gasteiger partial charge in [-0.1, -0.05) is 40.0 Å². The smallest absolute Gasteiger partial charge is 0.426 e. The molecule has 1 saturated carbocycles. The molecule has 0 aromatic carbocycles. The minimum absolute atomic E-state index is 0.124. The Morgan fingerprint density at radius 1 is 0.931 bits per heavy atom. The second-order valence-electron chi connectivity index (χ2n) is 9.17. The fraction of sp³-hybridized carbons (Fsp3) is 0.842. The maximum absolute atomic E-state index is 12.6. The molecule has 1 aliphatic carbocycles. The summed E-state index contributed by atoms with van der Waals surface area (Å²) in [5, 5.41) is 26.1. The first kappa shape index (κ1) is 25.4. The lowest BCUT2D eigenvalue weighted by Crippen LogP contribution is -2.60. The molecule has 3 amide bonds. The molecule has 0 aromatic heterocycles. The maximum atomic E-state index is 12.6. The van der Waals surface area contributed by atoms with E-state index in [1.165, 1.54) is 6.92 Å². The van der Waals surface area contributed by atoms with Gasteiger partial charge in [-0.25, -0.2) is 0 Å². The Morgan fingerprint density at radius 2 is 1.48 bits per heavy atom. The average molecular weight is 412 g/mol. The number of nitrogens with one attached hydrogen (secondary N) is 3. The fourth-order valence-electron chi connectivity index (χ4n) is 3.41. The van der Waals surface area contributed by atoms with E-state index in [0.29, 0.717) is 0 Å². The van der Waals surface area contributed by atoms with E-state index in [-0.39, 0.29) is 11.8 Å². The molecule has 0 bridgehead atoms. The third-order valence-corrected chi connectivity index (χ3v) is 5.44. The van der Waals surface area contributed by atoms with Gasteiger partial charge in [-0.3, -0.25) is 14.4 Å². The summed E-state index contributed by atoms with van der Waals surface area (Å²) in [6, 6.07) is -2.45. The lowest BCUT2D eigenvalue weighted by Gasteiger charge is -2.32. The molecule has 29 heavy (non-hydrogen) atoms. The van der Waals surface area contributed by atoms with Crippen LogP contribution in [0.15, 0.2) is 0 Å². The van der Waals surface area contributed by atoms with Crippen LogP contribution in [0, 0.1) is 11.3 Å². The molecule has 1 fully saturated rings. The molecule has 0 aliphatic heterocycles. The van der Waals surface area contributed by atoms with E-state index in [0.717, 1.165) is 32.1 Å². The Balaban J connectivity index is 2.70. The van der Waals surface area contributed by atoms with Gasteiger partial charge in [0.05, 0.1) is 12.0 Å². The summed E-state index contributed by atoms with van der Waals surface area (Å²) in [4.78, 5) is 37.6. The number of carbonyl (C=O) groups is 3. The van der Waals surface area contributed by atoms with Crippen LogP contribution in [0.2, 0.25) is 0 Å². The van der Waals surface area contributed by atoms with Crippen LogP contribution >= 0.6 is 0 Å². The Bertz CT molecular complexity index is 575. The topological polar surface area (TPSA) is 154 Å². The fourth-order valence-corrected chi connectivity index (χ4v) is 3.41. The van der Waals surface area contributed by atoms with E-state index >= 15 is 0 Å². The molecule has 0 radical (unpaired) electrons. The third-order valence-electron chi connectivity index (χ3n) is 5.44. The van der Waals surface area contributed by atoms with Gasteiger partial charge in [0.25, 0.3) is 0 Å². The van der Waals surface area contributed by atoms with E-state index in [1.54, 1.807) is 27.7 Å². The molecule has 1 aliphatic rings. The van der Waals surface area contributed by atoms with Crippen LogP contribution in [0.4, 0.5) is 0 Å². The van der Waals surface area contributed by atoms with Gasteiger partial charge in [-0.2, -0.15) is 0 Å². The molecule has 7 N–H and O–H groups in total. The minimum Gasteiger partial charge on any atom is -0.426 e. The lowest BCUT2D eigenvalue weighted by atomic mass is 9.79. The van der Waals surface area contributed by atoms with E-state index in [9.17, 15) is 24.4 Å². The molecule has 0 aromatic rings.